The molecule has 156 valence electrons. The first-order chi connectivity index (χ1) is 12.6. The molecule has 0 saturated heterocycles. The van der Waals surface area contributed by atoms with E-state index in [0.717, 1.165) is 19.3 Å². The number of quaternary nitrogens is 1. The van der Waals surface area contributed by atoms with E-state index in [1.165, 1.54) is 0 Å². The molecule has 1 aliphatic rings. The number of hydrogen-bond donors (Lipinski definition) is 3. The number of hydrogen-bond acceptors (Lipinski definition) is 4. The van der Waals surface area contributed by atoms with Gasteiger partial charge in [0.15, 0.2) is 6.04 Å². The predicted molar refractivity (Wildman–Crippen MR) is 101 cm³/mol. The summed E-state index contributed by atoms with van der Waals surface area (Å²) in [6.45, 7) is 8.60. The third-order valence-corrected chi connectivity index (χ3v) is 5.22. The van der Waals surface area contributed by atoms with Crippen LogP contribution in [0.1, 0.15) is 66.2 Å². The Kier molecular flexibility index (Phi) is 9.77. The minimum Gasteiger partial charge on any atom is -0.548 e. The van der Waals surface area contributed by atoms with Gasteiger partial charge in [0.05, 0.1) is 12.0 Å². The van der Waals surface area contributed by atoms with Crippen LogP contribution in [0.5, 0.6) is 0 Å². The number of carboxylic acid groups (broad SMARTS) is 1. The quantitative estimate of drug-likeness (QED) is 0.485. The number of carbonyl (C=O) groups excluding carboxylic acids is 3. The Morgan fingerprint density at radius 3 is 2.04 bits per heavy atom. The van der Waals surface area contributed by atoms with E-state index in [1.807, 2.05) is 13.8 Å². The van der Waals surface area contributed by atoms with Gasteiger partial charge in [-0.05, 0) is 49.9 Å². The molecule has 5 N–H and O–H groups in total. The van der Waals surface area contributed by atoms with Crippen LogP contribution < -0.4 is 21.5 Å². The molecule has 0 spiro atoms. The number of amides is 2. The van der Waals surface area contributed by atoms with Crippen molar-refractivity contribution in [3.63, 3.8) is 0 Å². The maximum absolute atomic E-state index is 12.4. The van der Waals surface area contributed by atoms with Gasteiger partial charge in [0.1, 0.15) is 0 Å². The lowest BCUT2D eigenvalue weighted by Gasteiger charge is -2.30. The summed E-state index contributed by atoms with van der Waals surface area (Å²) in [6, 6.07) is -1.15. The SMILES string of the molecule is CC(C)C[C@@H]([NH3+])C(=O)NCC1CCC(C(=O)N[C@@H](CC(C)C)C(=O)[O-])CC1. The van der Waals surface area contributed by atoms with Crippen molar-refractivity contribution in [2.75, 3.05) is 6.54 Å². The van der Waals surface area contributed by atoms with Crippen molar-refractivity contribution in [1.82, 2.24) is 10.6 Å². The van der Waals surface area contributed by atoms with E-state index in [4.69, 9.17) is 0 Å². The lowest BCUT2D eigenvalue weighted by atomic mass is 9.81. The predicted octanol–water partition coefficient (Wildman–Crippen LogP) is -0.154. The molecule has 1 fully saturated rings. The van der Waals surface area contributed by atoms with Crippen LogP contribution in [0, 0.1) is 23.7 Å². The van der Waals surface area contributed by atoms with Crippen LogP contribution in [0.25, 0.3) is 0 Å². The van der Waals surface area contributed by atoms with Crippen molar-refractivity contribution in [2.24, 2.45) is 23.7 Å². The zero-order valence-corrected chi connectivity index (χ0v) is 17.3. The minimum absolute atomic E-state index is 0.00551. The molecule has 0 radical (unpaired) electrons. The molecule has 0 aromatic heterocycles. The Labute approximate surface area is 162 Å². The molecule has 7 heteroatoms. The van der Waals surface area contributed by atoms with Gasteiger partial charge >= 0.3 is 0 Å². The van der Waals surface area contributed by atoms with E-state index in [2.05, 4.69) is 30.2 Å². The van der Waals surface area contributed by atoms with Crippen molar-refractivity contribution in [3.8, 4) is 0 Å². The van der Waals surface area contributed by atoms with Crippen LogP contribution in [0.4, 0.5) is 0 Å². The molecule has 1 aliphatic carbocycles. The molecule has 7 nitrogen and oxygen atoms in total. The fourth-order valence-electron chi connectivity index (χ4n) is 3.67. The lowest BCUT2D eigenvalue weighted by molar-refractivity contribution is -0.406. The summed E-state index contributed by atoms with van der Waals surface area (Å²) in [5.41, 5.74) is 3.92. The molecule has 0 unspecified atom stereocenters. The Balaban J connectivity index is 2.37. The largest absolute Gasteiger partial charge is 0.548 e. The van der Waals surface area contributed by atoms with Crippen LogP contribution in [0.15, 0.2) is 0 Å². The fraction of sp³-hybridized carbons (Fsp3) is 0.850. The molecule has 0 aromatic rings. The van der Waals surface area contributed by atoms with Crippen LogP contribution in [0.2, 0.25) is 0 Å². The van der Waals surface area contributed by atoms with E-state index < -0.39 is 12.0 Å². The van der Waals surface area contributed by atoms with Gasteiger partial charge in [-0.3, -0.25) is 9.59 Å². The average molecular weight is 384 g/mol. The molecule has 0 heterocycles. The summed E-state index contributed by atoms with van der Waals surface area (Å²) in [5, 5.41) is 16.8. The van der Waals surface area contributed by atoms with Crippen molar-refractivity contribution >= 4 is 17.8 Å². The van der Waals surface area contributed by atoms with E-state index in [1.54, 1.807) is 0 Å². The standard InChI is InChI=1S/C20H37N3O4/c1-12(2)9-16(21)19(25)22-11-14-5-7-15(8-6-14)18(24)23-17(20(26)27)10-13(3)4/h12-17H,5-11,21H2,1-4H3,(H,22,25)(H,23,24)(H,26,27)/t14?,15?,16-,17+/m1/s1. The third kappa shape index (κ3) is 8.73. The van der Waals surface area contributed by atoms with Crippen LogP contribution >= 0.6 is 0 Å². The van der Waals surface area contributed by atoms with Gasteiger partial charge in [-0.1, -0.05) is 27.7 Å². The van der Waals surface area contributed by atoms with Gasteiger partial charge in [0, 0.05) is 18.9 Å². The van der Waals surface area contributed by atoms with Gasteiger partial charge in [0.2, 0.25) is 5.91 Å². The van der Waals surface area contributed by atoms with Gasteiger partial charge in [0.25, 0.3) is 5.91 Å². The topological polar surface area (TPSA) is 126 Å². The monoisotopic (exact) mass is 383 g/mol. The van der Waals surface area contributed by atoms with Gasteiger partial charge in [-0.15, -0.1) is 0 Å². The Morgan fingerprint density at radius 2 is 1.56 bits per heavy atom. The summed E-state index contributed by atoms with van der Waals surface area (Å²) in [4.78, 5) is 35.7. The highest BCUT2D eigenvalue weighted by atomic mass is 16.4. The normalized spacial score (nSPS) is 22.3. The Hall–Kier alpha value is -1.63. The zero-order chi connectivity index (χ0) is 20.6. The number of nitrogens with one attached hydrogen (secondary N) is 2. The molecule has 27 heavy (non-hydrogen) atoms. The molecule has 0 aromatic carbocycles. The second-order valence-corrected chi connectivity index (χ2v) is 8.80. The Morgan fingerprint density at radius 1 is 1.00 bits per heavy atom. The highest BCUT2D eigenvalue weighted by Crippen LogP contribution is 2.28. The molecule has 2 amide bonds. The molecular weight excluding hydrogens is 346 g/mol. The first-order valence-corrected chi connectivity index (χ1v) is 10.2. The highest BCUT2D eigenvalue weighted by molar-refractivity contribution is 5.84. The first-order valence-electron chi connectivity index (χ1n) is 10.2. The van der Waals surface area contributed by atoms with Crippen LogP contribution in [-0.4, -0.2) is 36.4 Å². The Bertz CT molecular complexity index is 499. The second-order valence-electron chi connectivity index (χ2n) is 8.80. The maximum atomic E-state index is 12.4. The molecule has 0 bridgehead atoms. The average Bonchev–Trinajstić information content (AvgIpc) is 2.58. The third-order valence-electron chi connectivity index (χ3n) is 5.22. The summed E-state index contributed by atoms with van der Waals surface area (Å²) < 4.78 is 0. The van der Waals surface area contributed by atoms with E-state index in [-0.39, 0.29) is 29.7 Å². The minimum atomic E-state index is -1.22. The number of rotatable bonds is 10. The van der Waals surface area contributed by atoms with Gasteiger partial charge in [-0.2, -0.15) is 0 Å². The molecule has 1 rings (SSSR count). The molecule has 0 aliphatic heterocycles. The van der Waals surface area contributed by atoms with Crippen molar-refractivity contribution < 1.29 is 25.2 Å². The van der Waals surface area contributed by atoms with Crippen molar-refractivity contribution in [1.29, 1.82) is 0 Å². The van der Waals surface area contributed by atoms with E-state index >= 15 is 0 Å². The maximum Gasteiger partial charge on any atom is 0.278 e. The molecular formula is C20H37N3O4. The number of carbonyl (C=O) groups is 3. The summed E-state index contributed by atoms with van der Waals surface area (Å²) in [6.07, 6.45) is 4.28. The fourth-order valence-corrected chi connectivity index (χ4v) is 3.67. The van der Waals surface area contributed by atoms with Crippen molar-refractivity contribution in [2.45, 2.75) is 78.3 Å². The van der Waals surface area contributed by atoms with Crippen LogP contribution in [-0.2, 0) is 14.4 Å². The summed E-state index contributed by atoms with van der Waals surface area (Å²) >= 11 is 0. The smallest absolute Gasteiger partial charge is 0.278 e. The van der Waals surface area contributed by atoms with E-state index in [9.17, 15) is 19.5 Å². The van der Waals surface area contributed by atoms with Crippen LogP contribution in [0.3, 0.4) is 0 Å². The molecule has 2 atom stereocenters. The van der Waals surface area contributed by atoms with E-state index in [0.29, 0.717) is 37.6 Å². The second kappa shape index (κ2) is 11.3. The highest BCUT2D eigenvalue weighted by Gasteiger charge is 2.29. The number of carboxylic acids is 1. The lowest BCUT2D eigenvalue weighted by Crippen LogP contribution is -2.68. The number of aliphatic carboxylic acids is 1. The van der Waals surface area contributed by atoms with Gasteiger partial charge in [-0.25, -0.2) is 0 Å². The van der Waals surface area contributed by atoms with Crippen molar-refractivity contribution in [3.05, 3.63) is 0 Å². The summed E-state index contributed by atoms with van der Waals surface area (Å²) in [7, 11) is 0. The summed E-state index contributed by atoms with van der Waals surface area (Å²) in [5.74, 6) is -0.620. The zero-order valence-electron chi connectivity index (χ0n) is 17.3. The first kappa shape index (κ1) is 23.4. The molecule has 1 saturated carbocycles. The van der Waals surface area contributed by atoms with Gasteiger partial charge < -0.3 is 26.3 Å².